The van der Waals surface area contributed by atoms with Gasteiger partial charge in [0.25, 0.3) is 0 Å². The molecule has 2 aromatic heterocycles. The predicted molar refractivity (Wildman–Crippen MR) is 408 cm³/mol. The largest absolute Gasteiger partial charge is 0.456 e. The third-order valence-electron chi connectivity index (χ3n) is 20.9. The Morgan fingerprint density at radius 1 is 0.240 bits per heavy atom. The molecule has 0 saturated carbocycles. The van der Waals surface area contributed by atoms with Crippen LogP contribution in [0.15, 0.2) is 324 Å². The van der Waals surface area contributed by atoms with E-state index >= 15 is 0 Å². The van der Waals surface area contributed by atoms with Gasteiger partial charge < -0.3 is 18.6 Å². The summed E-state index contributed by atoms with van der Waals surface area (Å²) in [6.07, 6.45) is 0. The van der Waals surface area contributed by atoms with Crippen LogP contribution in [0.25, 0.3) is 76.9 Å². The normalized spacial score (nSPS) is 13.7. The molecule has 2 aliphatic rings. The lowest BCUT2D eigenvalue weighted by molar-refractivity contribution is 0.668. The van der Waals surface area contributed by atoms with Crippen LogP contribution >= 0.6 is 0 Å². The van der Waals surface area contributed by atoms with E-state index in [1.165, 1.54) is 77.1 Å². The van der Waals surface area contributed by atoms with Gasteiger partial charge in [0.2, 0.25) is 0 Å². The second kappa shape index (κ2) is 21.8. The van der Waals surface area contributed by atoms with Crippen LogP contribution in [0.4, 0.5) is 34.1 Å². The molecule has 2 aliphatic carbocycles. The maximum atomic E-state index is 7.02. The summed E-state index contributed by atoms with van der Waals surface area (Å²) in [5, 5.41) is 9.31. The Balaban J connectivity index is 0.744. The van der Waals surface area contributed by atoms with Crippen LogP contribution in [-0.4, -0.2) is 16.1 Å². The Kier molecular flexibility index (Phi) is 13.1. The zero-order valence-electron chi connectivity index (χ0n) is 54.7. The zero-order valence-corrected chi connectivity index (χ0v) is 56.7. The molecule has 0 radical (unpaired) electrons. The van der Waals surface area contributed by atoms with Crippen LogP contribution in [-0.2, 0) is 10.8 Å². The predicted octanol–water partition coefficient (Wildman–Crippen LogP) is 23.4. The smallest absolute Gasteiger partial charge is 0.137 e. The van der Waals surface area contributed by atoms with Crippen molar-refractivity contribution >= 4 is 115 Å². The van der Waals surface area contributed by atoms with Gasteiger partial charge in [0.05, 0.1) is 27.0 Å². The maximum Gasteiger partial charge on any atom is 0.137 e. The molecule has 4 nitrogen and oxygen atoms in total. The van der Waals surface area contributed by atoms with Crippen LogP contribution < -0.4 is 20.2 Å². The quantitative estimate of drug-likeness (QED) is 0.114. The fraction of sp³-hybridized carbons (Fsp3) is 0.0889. The highest BCUT2D eigenvalue weighted by molar-refractivity contribution is 6.89. The van der Waals surface area contributed by atoms with Gasteiger partial charge in [-0.05, 0) is 175 Å². The molecule has 18 rings (SSSR count). The van der Waals surface area contributed by atoms with E-state index < -0.39 is 27.0 Å². The standard InChI is InChI=1S/C90H70N2O2Si2/c1-95(2,3)71-45-39-65(40-46-71)91(67-29-21-27-63(55-67)89(61-23-9-7-10-24-61)81-35-17-13-31-73(81)74-32-14-18-36-82(74)89)69-43-49-77-79-51-59-52-80-78-50-44-70(58-88(78)94-86(80)54-60(59)53-85(79)93-87(77)57-69)92(66-41-47-72(48-42-66)96(4,5)6)68-30-22-28-64(56-68)90(62-25-11-8-12-26-62)83-37-19-15-33-75(83)76-34-16-20-38-84(76)90/h7-58H,1-6H3. The summed E-state index contributed by atoms with van der Waals surface area (Å²) in [7, 11) is -3.20. The average molecular weight is 1270 g/mol. The molecule has 0 aliphatic heterocycles. The van der Waals surface area contributed by atoms with Crippen LogP contribution in [0.1, 0.15) is 44.5 Å². The van der Waals surface area contributed by atoms with E-state index in [2.05, 4.69) is 365 Å². The van der Waals surface area contributed by atoms with E-state index in [1.807, 2.05) is 0 Å². The highest BCUT2D eigenvalue weighted by Crippen LogP contribution is 2.59. The zero-order chi connectivity index (χ0) is 64.7. The third-order valence-corrected chi connectivity index (χ3v) is 25.0. The van der Waals surface area contributed by atoms with Crippen LogP contribution in [0.3, 0.4) is 0 Å². The summed E-state index contributed by atoms with van der Waals surface area (Å²) >= 11 is 0. The SMILES string of the molecule is C[Si](C)(C)c1ccc(N(c2cccc(C3(c4ccccc4)c4ccccc4-c4ccccc43)c2)c2ccc3c(c2)oc2cc4cc5oc6cc(N(c7ccc([Si](C)(C)C)cc7)c7cccc(C8(c9ccccc9)c9ccccc9-c9ccccc98)c7)ccc6c5cc4cc23)cc1. The van der Waals surface area contributed by atoms with E-state index in [0.29, 0.717) is 0 Å². The molecular weight excluding hydrogens is 1200 g/mol. The molecule has 2 heterocycles. The first kappa shape index (κ1) is 57.6. The highest BCUT2D eigenvalue weighted by Gasteiger charge is 2.48. The summed E-state index contributed by atoms with van der Waals surface area (Å²) in [5.41, 5.74) is 23.8. The third kappa shape index (κ3) is 8.85. The number of furan rings is 2. The van der Waals surface area contributed by atoms with Crippen molar-refractivity contribution in [3.05, 3.63) is 360 Å². The minimum absolute atomic E-state index is 0.542. The molecule has 0 unspecified atom stereocenters. The molecule has 0 atom stereocenters. The van der Waals surface area contributed by atoms with Gasteiger partial charge >= 0.3 is 0 Å². The number of benzene rings is 14. The second-order valence-electron chi connectivity index (χ2n) is 28.4. The molecule has 16 aromatic rings. The van der Waals surface area contributed by atoms with Gasteiger partial charge in [-0.3, -0.25) is 0 Å². The number of hydrogen-bond acceptors (Lipinski definition) is 4. The molecule has 0 bridgehead atoms. The lowest BCUT2D eigenvalue weighted by Gasteiger charge is -2.35. The van der Waals surface area contributed by atoms with Crippen molar-refractivity contribution in [1.29, 1.82) is 0 Å². The van der Waals surface area contributed by atoms with Crippen molar-refractivity contribution in [3.63, 3.8) is 0 Å². The molecule has 6 heteroatoms. The van der Waals surface area contributed by atoms with Crippen molar-refractivity contribution in [2.75, 3.05) is 9.80 Å². The molecule has 0 fully saturated rings. The minimum atomic E-state index is -1.60. The molecule has 0 amide bonds. The number of fused-ring (bicyclic) bond motifs is 13. The molecule has 460 valence electrons. The number of rotatable bonds is 12. The fourth-order valence-corrected chi connectivity index (χ4v) is 18.7. The average Bonchev–Trinajstić information content (AvgIpc) is 1.54. The van der Waals surface area contributed by atoms with Crippen molar-refractivity contribution in [1.82, 2.24) is 0 Å². The monoisotopic (exact) mass is 1270 g/mol. The Morgan fingerprint density at radius 3 is 0.906 bits per heavy atom. The van der Waals surface area contributed by atoms with Crippen molar-refractivity contribution in [3.8, 4) is 22.3 Å². The lowest BCUT2D eigenvalue weighted by Crippen LogP contribution is -2.37. The Labute approximate surface area is 562 Å². The Bertz CT molecular complexity index is 5310. The number of anilines is 6. The molecule has 0 saturated heterocycles. The van der Waals surface area contributed by atoms with E-state index in [9.17, 15) is 0 Å². The summed E-state index contributed by atoms with van der Waals surface area (Å²) < 4.78 is 14.0. The van der Waals surface area contributed by atoms with Gasteiger partial charge in [0.15, 0.2) is 0 Å². The molecule has 96 heavy (non-hydrogen) atoms. The van der Waals surface area contributed by atoms with E-state index in [0.717, 1.165) is 88.8 Å². The molecular formula is C90H70N2O2Si2. The number of nitrogens with zero attached hydrogens (tertiary/aromatic N) is 2. The summed E-state index contributed by atoms with van der Waals surface area (Å²) in [4.78, 5) is 4.82. The van der Waals surface area contributed by atoms with Crippen molar-refractivity contribution < 1.29 is 8.83 Å². The molecule has 14 aromatic carbocycles. The van der Waals surface area contributed by atoms with Gasteiger partial charge in [0, 0.05) is 67.8 Å². The topological polar surface area (TPSA) is 32.8 Å². The second-order valence-corrected chi connectivity index (χ2v) is 38.5. The first-order valence-corrected chi connectivity index (χ1v) is 40.6. The number of hydrogen-bond donors (Lipinski definition) is 0. The first-order valence-electron chi connectivity index (χ1n) is 33.6. The van der Waals surface area contributed by atoms with Gasteiger partial charge in [0.1, 0.15) is 22.3 Å². The van der Waals surface area contributed by atoms with Gasteiger partial charge in [-0.1, -0.05) is 256 Å². The molecule has 0 spiro atoms. The summed E-state index contributed by atoms with van der Waals surface area (Å²) in [5.74, 6) is 0. The summed E-state index contributed by atoms with van der Waals surface area (Å²) in [6, 6.07) is 118. The van der Waals surface area contributed by atoms with Crippen LogP contribution in [0.2, 0.25) is 39.3 Å². The maximum absolute atomic E-state index is 7.02. The van der Waals surface area contributed by atoms with Crippen molar-refractivity contribution in [2.45, 2.75) is 50.1 Å². The fourth-order valence-electron chi connectivity index (χ4n) is 16.3. The van der Waals surface area contributed by atoms with Gasteiger partial charge in [-0.2, -0.15) is 0 Å². The summed E-state index contributed by atoms with van der Waals surface area (Å²) in [6.45, 7) is 14.5. The first-order chi connectivity index (χ1) is 46.8. The van der Waals surface area contributed by atoms with Gasteiger partial charge in [-0.15, -0.1) is 0 Å². The minimum Gasteiger partial charge on any atom is -0.456 e. The van der Waals surface area contributed by atoms with Crippen LogP contribution in [0, 0.1) is 0 Å². The van der Waals surface area contributed by atoms with Gasteiger partial charge in [-0.25, -0.2) is 0 Å². The highest BCUT2D eigenvalue weighted by atomic mass is 28.3. The van der Waals surface area contributed by atoms with E-state index in [1.54, 1.807) is 0 Å². The lowest BCUT2D eigenvalue weighted by atomic mass is 9.67. The van der Waals surface area contributed by atoms with E-state index in [4.69, 9.17) is 8.83 Å². The Hall–Kier alpha value is -11.0. The Morgan fingerprint density at radius 2 is 0.542 bits per heavy atom. The van der Waals surface area contributed by atoms with E-state index in [-0.39, 0.29) is 0 Å². The van der Waals surface area contributed by atoms with Crippen molar-refractivity contribution in [2.24, 2.45) is 0 Å². The molecule has 0 N–H and O–H groups in total. The van der Waals surface area contributed by atoms with Crippen LogP contribution in [0.5, 0.6) is 0 Å².